The molecule has 0 spiro atoms. The fraction of sp³-hybridized carbons (Fsp3) is 0.267. The molecule has 1 atom stereocenters. The second-order valence-electron chi connectivity index (χ2n) is 9.57. The van der Waals surface area contributed by atoms with Crippen molar-refractivity contribution >= 4 is 40.7 Å². The molecule has 198 valence electrons. The summed E-state index contributed by atoms with van der Waals surface area (Å²) in [5.41, 5.74) is 2.71. The van der Waals surface area contributed by atoms with Crippen LogP contribution in [0.1, 0.15) is 34.7 Å². The molecule has 0 saturated carbocycles. The van der Waals surface area contributed by atoms with E-state index in [0.29, 0.717) is 52.1 Å². The van der Waals surface area contributed by atoms with Gasteiger partial charge in [0.05, 0.1) is 11.6 Å². The van der Waals surface area contributed by atoms with E-state index in [1.807, 2.05) is 56.3 Å². The van der Waals surface area contributed by atoms with Crippen molar-refractivity contribution in [3.8, 4) is 5.75 Å². The Kier molecular flexibility index (Phi) is 8.77. The fourth-order valence-electron chi connectivity index (χ4n) is 4.59. The number of ether oxygens (including phenoxy) is 1. The van der Waals surface area contributed by atoms with Crippen LogP contribution in [0.3, 0.4) is 0 Å². The van der Waals surface area contributed by atoms with E-state index in [4.69, 9.17) is 27.9 Å². The molecule has 8 heteroatoms. The molecule has 1 fully saturated rings. The van der Waals surface area contributed by atoms with Gasteiger partial charge in [-0.15, -0.1) is 0 Å². The Morgan fingerprint density at radius 2 is 1.76 bits per heavy atom. The molecule has 3 aromatic rings. The molecule has 0 bridgehead atoms. The number of Topliss-reactive ketones (excluding diaryl/α,β-unsaturated/α-hetero) is 1. The van der Waals surface area contributed by atoms with Crippen molar-refractivity contribution in [3.63, 3.8) is 0 Å². The molecular formula is C30H30Cl2N2O4. The van der Waals surface area contributed by atoms with Gasteiger partial charge in [-0.1, -0.05) is 59.6 Å². The molecule has 0 aromatic heterocycles. The first-order valence-corrected chi connectivity index (χ1v) is 13.1. The van der Waals surface area contributed by atoms with Crippen LogP contribution in [-0.2, 0) is 16.2 Å². The number of ketones is 1. The molecular weight excluding hydrogens is 523 g/mol. The minimum Gasteiger partial charge on any atom is -0.507 e. The SMILES string of the molecule is Cc1cc(OCc2ccccc2)ccc1C(O)=C1C(=O)C(=O)N(CCCN(C)C)[C@H]1c1ccc(Cl)cc1Cl. The van der Waals surface area contributed by atoms with Crippen LogP contribution in [0.4, 0.5) is 0 Å². The van der Waals surface area contributed by atoms with E-state index < -0.39 is 17.7 Å². The summed E-state index contributed by atoms with van der Waals surface area (Å²) in [4.78, 5) is 30.0. The van der Waals surface area contributed by atoms with Gasteiger partial charge in [0.2, 0.25) is 0 Å². The van der Waals surface area contributed by atoms with E-state index in [0.717, 1.165) is 12.1 Å². The Morgan fingerprint density at radius 1 is 1.03 bits per heavy atom. The number of nitrogens with zero attached hydrogens (tertiary/aromatic N) is 2. The van der Waals surface area contributed by atoms with Crippen molar-refractivity contribution in [2.45, 2.75) is 26.0 Å². The highest BCUT2D eigenvalue weighted by atomic mass is 35.5. The molecule has 4 rings (SSSR count). The highest BCUT2D eigenvalue weighted by Crippen LogP contribution is 2.43. The summed E-state index contributed by atoms with van der Waals surface area (Å²) in [6, 6.07) is 19.1. The molecule has 1 amide bonds. The Balaban J connectivity index is 1.71. The summed E-state index contributed by atoms with van der Waals surface area (Å²) in [5, 5.41) is 12.2. The van der Waals surface area contributed by atoms with E-state index in [9.17, 15) is 14.7 Å². The number of aliphatic hydroxyl groups is 1. The van der Waals surface area contributed by atoms with Crippen molar-refractivity contribution in [2.24, 2.45) is 0 Å². The number of carbonyl (C=O) groups excluding carboxylic acids is 2. The third kappa shape index (κ3) is 6.04. The van der Waals surface area contributed by atoms with Gasteiger partial charge in [-0.3, -0.25) is 9.59 Å². The minimum atomic E-state index is -0.838. The second kappa shape index (κ2) is 12.0. The number of hydrogen-bond acceptors (Lipinski definition) is 5. The zero-order valence-corrected chi connectivity index (χ0v) is 23.1. The predicted molar refractivity (Wildman–Crippen MR) is 151 cm³/mol. The van der Waals surface area contributed by atoms with Gasteiger partial charge in [-0.25, -0.2) is 0 Å². The Labute approximate surface area is 233 Å². The molecule has 1 saturated heterocycles. The second-order valence-corrected chi connectivity index (χ2v) is 10.4. The summed E-state index contributed by atoms with van der Waals surface area (Å²) in [6.07, 6.45) is 0.647. The molecule has 0 radical (unpaired) electrons. The van der Waals surface area contributed by atoms with Gasteiger partial charge in [0.15, 0.2) is 0 Å². The first kappa shape index (κ1) is 27.7. The van der Waals surface area contributed by atoms with Crippen LogP contribution < -0.4 is 4.74 Å². The van der Waals surface area contributed by atoms with Crippen molar-refractivity contribution in [1.82, 2.24) is 9.80 Å². The quantitative estimate of drug-likeness (QED) is 0.193. The maximum Gasteiger partial charge on any atom is 0.295 e. The Bertz CT molecular complexity index is 1370. The summed E-state index contributed by atoms with van der Waals surface area (Å²) in [7, 11) is 3.88. The minimum absolute atomic E-state index is 0.00475. The molecule has 0 unspecified atom stereocenters. The number of amides is 1. The first-order chi connectivity index (χ1) is 18.2. The fourth-order valence-corrected chi connectivity index (χ4v) is 5.10. The van der Waals surface area contributed by atoms with Crippen molar-refractivity contribution in [2.75, 3.05) is 27.2 Å². The van der Waals surface area contributed by atoms with Crippen LogP contribution in [0, 0.1) is 6.92 Å². The van der Waals surface area contributed by atoms with Crippen molar-refractivity contribution < 1.29 is 19.4 Å². The maximum atomic E-state index is 13.3. The Morgan fingerprint density at radius 3 is 2.42 bits per heavy atom. The summed E-state index contributed by atoms with van der Waals surface area (Å²) in [6.45, 7) is 3.28. The van der Waals surface area contributed by atoms with Crippen LogP contribution in [0.5, 0.6) is 5.75 Å². The molecule has 1 heterocycles. The first-order valence-electron chi connectivity index (χ1n) is 12.3. The number of aliphatic hydroxyl groups excluding tert-OH is 1. The van der Waals surface area contributed by atoms with E-state index in [1.54, 1.807) is 36.4 Å². The zero-order valence-electron chi connectivity index (χ0n) is 21.6. The van der Waals surface area contributed by atoms with E-state index >= 15 is 0 Å². The van der Waals surface area contributed by atoms with E-state index in [2.05, 4.69) is 0 Å². The predicted octanol–water partition coefficient (Wildman–Crippen LogP) is 6.25. The third-order valence-electron chi connectivity index (χ3n) is 6.50. The number of aryl methyl sites for hydroxylation is 1. The van der Waals surface area contributed by atoms with Crippen LogP contribution in [0.15, 0.2) is 72.3 Å². The molecule has 6 nitrogen and oxygen atoms in total. The van der Waals surface area contributed by atoms with Gasteiger partial charge in [0.25, 0.3) is 11.7 Å². The third-order valence-corrected chi connectivity index (χ3v) is 7.07. The van der Waals surface area contributed by atoms with E-state index in [1.165, 1.54) is 4.90 Å². The van der Waals surface area contributed by atoms with Gasteiger partial charge >= 0.3 is 0 Å². The molecule has 38 heavy (non-hydrogen) atoms. The maximum absolute atomic E-state index is 13.3. The normalized spacial score (nSPS) is 16.9. The topological polar surface area (TPSA) is 70.1 Å². The lowest BCUT2D eigenvalue weighted by atomic mass is 9.93. The van der Waals surface area contributed by atoms with E-state index in [-0.39, 0.29) is 11.3 Å². The average molecular weight is 553 g/mol. The van der Waals surface area contributed by atoms with Gasteiger partial charge in [-0.2, -0.15) is 0 Å². The lowest BCUT2D eigenvalue weighted by Crippen LogP contribution is -2.32. The van der Waals surface area contributed by atoms with Crippen LogP contribution in [0.25, 0.3) is 5.76 Å². The smallest absolute Gasteiger partial charge is 0.295 e. The number of rotatable bonds is 9. The standard InChI is InChI=1S/C30H30Cl2N2O4/c1-19-16-22(38-18-20-8-5-4-6-9-20)11-13-23(19)28(35)26-27(24-12-10-21(31)17-25(24)32)34(30(37)29(26)36)15-7-14-33(2)3/h4-6,8-13,16-17,27,35H,7,14-15,18H2,1-3H3/t27-/m0/s1. The average Bonchev–Trinajstić information content (AvgIpc) is 3.12. The highest BCUT2D eigenvalue weighted by molar-refractivity contribution is 6.47. The van der Waals surface area contributed by atoms with Crippen LogP contribution in [-0.4, -0.2) is 53.8 Å². The summed E-state index contributed by atoms with van der Waals surface area (Å²) < 4.78 is 5.91. The van der Waals surface area contributed by atoms with Gasteiger partial charge in [0.1, 0.15) is 18.1 Å². The molecule has 1 N–H and O–H groups in total. The molecule has 1 aliphatic rings. The largest absolute Gasteiger partial charge is 0.507 e. The highest BCUT2D eigenvalue weighted by Gasteiger charge is 2.46. The number of carbonyl (C=O) groups is 2. The van der Waals surface area contributed by atoms with Gasteiger partial charge < -0.3 is 19.6 Å². The van der Waals surface area contributed by atoms with Gasteiger partial charge in [0, 0.05) is 22.2 Å². The number of likely N-dealkylation sites (tertiary alicyclic amines) is 1. The van der Waals surface area contributed by atoms with Gasteiger partial charge in [-0.05, 0) is 81.0 Å². The van der Waals surface area contributed by atoms with Crippen LogP contribution in [0.2, 0.25) is 10.0 Å². The zero-order chi connectivity index (χ0) is 27.4. The lowest BCUT2D eigenvalue weighted by Gasteiger charge is -2.26. The van der Waals surface area contributed by atoms with Crippen molar-refractivity contribution in [3.05, 3.63) is 105 Å². The number of halogens is 2. The number of hydrogen-bond donors (Lipinski definition) is 1. The molecule has 3 aromatic carbocycles. The Hall–Kier alpha value is -3.32. The molecule has 0 aliphatic carbocycles. The monoisotopic (exact) mass is 552 g/mol. The summed E-state index contributed by atoms with van der Waals surface area (Å²) >= 11 is 12.7. The molecule has 1 aliphatic heterocycles. The number of benzene rings is 3. The summed E-state index contributed by atoms with van der Waals surface area (Å²) in [5.74, 6) is -1.03. The van der Waals surface area contributed by atoms with Crippen LogP contribution >= 0.6 is 23.2 Å². The lowest BCUT2D eigenvalue weighted by molar-refractivity contribution is -0.139. The van der Waals surface area contributed by atoms with Crippen molar-refractivity contribution in [1.29, 1.82) is 0 Å².